The highest BCUT2D eigenvalue weighted by Gasteiger charge is 2.39. The maximum absolute atomic E-state index is 14.7. The van der Waals surface area contributed by atoms with Crippen LogP contribution < -0.4 is 71.2 Å². The number of nitrogens with one attached hydrogen (secondary N) is 9. The van der Waals surface area contributed by atoms with Gasteiger partial charge in [0.1, 0.15) is 42.3 Å². The number of nitrogens with two attached hydrogens (primary N) is 5. The molecule has 1 aromatic heterocycles. The Labute approximate surface area is 466 Å². The number of likely N-dealkylation sites (tertiary alicyclic amines) is 1. The summed E-state index contributed by atoms with van der Waals surface area (Å²) < 4.78 is 0. The molecule has 0 saturated carbocycles. The molecule has 2 aliphatic rings. The number of nitrogens with zero attached hydrogens (tertiary/aromatic N) is 2. The zero-order valence-corrected chi connectivity index (χ0v) is 46.6. The number of aliphatic hydroxyl groups is 1. The van der Waals surface area contributed by atoms with Crippen LogP contribution in [-0.4, -0.2) is 167 Å². The number of benzene rings is 1. The van der Waals surface area contributed by atoms with Crippen LogP contribution in [0, 0.1) is 11.8 Å². The highest BCUT2D eigenvalue weighted by atomic mass is 16.3. The van der Waals surface area contributed by atoms with Gasteiger partial charge in [-0.1, -0.05) is 52.3 Å². The molecule has 0 aliphatic carbocycles. The van der Waals surface area contributed by atoms with Crippen molar-refractivity contribution in [3.05, 3.63) is 36.0 Å². The fourth-order valence-corrected chi connectivity index (χ4v) is 9.74. The van der Waals surface area contributed by atoms with Crippen LogP contribution in [-0.2, 0) is 54.4 Å². The van der Waals surface area contributed by atoms with Gasteiger partial charge in [-0.25, -0.2) is 0 Å². The molecular weight excluding hydrogens is 1040 g/mol. The van der Waals surface area contributed by atoms with E-state index in [1.807, 2.05) is 6.07 Å². The number of fused-ring (bicyclic) bond motifs is 1. The molecule has 0 spiro atoms. The first kappa shape index (κ1) is 65.1. The van der Waals surface area contributed by atoms with Crippen molar-refractivity contribution in [3.8, 4) is 0 Å². The maximum Gasteiger partial charge on any atom is 0.245 e. The molecule has 20 N–H and O–H groups in total. The van der Waals surface area contributed by atoms with Crippen molar-refractivity contribution in [2.75, 3.05) is 26.2 Å². The molecule has 0 unspecified atom stereocenters. The molecule has 4 rings (SSSR count). The lowest BCUT2D eigenvalue weighted by Gasteiger charge is -2.31. The van der Waals surface area contributed by atoms with Crippen LogP contribution in [0.15, 0.2) is 35.5 Å². The third-order valence-electron chi connectivity index (χ3n) is 14.4. The SMILES string of the molecule is CC[C@H](C)[C@H](NC(=O)[C@H](CCC(N)=O)NC(=O)[C@@H]1CCCN1)C(=O)N[C@H](C(=O)N[C@@H](CC(C)C)C(=O)N[C@@H](Cc1c[nH]c2ccccc12)C(=O)N[C@@H](CCC(N)=O)C(=O)N[C@@H](CCCN=C(N)N)C(=O)N1CCC[C@H]1CN)[C@@H](C)O. The minimum atomic E-state index is -1.70. The van der Waals surface area contributed by atoms with Gasteiger partial charge in [-0.2, -0.15) is 0 Å². The van der Waals surface area contributed by atoms with Crippen LogP contribution in [0.25, 0.3) is 10.9 Å². The Kier molecular flexibility index (Phi) is 26.1. The summed E-state index contributed by atoms with van der Waals surface area (Å²) >= 11 is 0. The number of hydrogen-bond acceptors (Lipinski definition) is 14. The molecule has 1 aromatic carbocycles. The van der Waals surface area contributed by atoms with E-state index in [2.05, 4.69) is 52.5 Å². The number of aliphatic imine (C=N–C) groups is 1. The molecule has 2 aromatic rings. The number of carbonyl (C=O) groups excluding carboxylic acids is 10. The fourth-order valence-electron chi connectivity index (χ4n) is 9.74. The quantitative estimate of drug-likeness (QED) is 0.0191. The first-order valence-corrected chi connectivity index (χ1v) is 27.7. The molecule has 2 aliphatic heterocycles. The van der Waals surface area contributed by atoms with Gasteiger partial charge in [0.05, 0.1) is 12.1 Å². The van der Waals surface area contributed by atoms with Gasteiger partial charge in [-0.15, -0.1) is 0 Å². The summed E-state index contributed by atoms with van der Waals surface area (Å²) in [4.78, 5) is 146. The monoisotopic (exact) mass is 1120 g/mol. The van der Waals surface area contributed by atoms with Gasteiger partial charge in [0.2, 0.25) is 59.1 Å². The van der Waals surface area contributed by atoms with E-state index < -0.39 is 119 Å². The number of rotatable bonds is 33. The Morgan fingerprint density at radius 1 is 0.700 bits per heavy atom. The normalized spacial score (nSPS) is 18.5. The van der Waals surface area contributed by atoms with Crippen LogP contribution in [0.3, 0.4) is 0 Å². The molecule has 27 nitrogen and oxygen atoms in total. The molecule has 0 bridgehead atoms. The number of amides is 10. The second kappa shape index (κ2) is 32.0. The van der Waals surface area contributed by atoms with Crippen molar-refractivity contribution in [1.29, 1.82) is 0 Å². The van der Waals surface area contributed by atoms with Crippen LogP contribution in [0.2, 0.25) is 0 Å². The fraction of sp³-hybridized carbons (Fsp3) is 0.642. The number of guanidine groups is 1. The highest BCUT2D eigenvalue weighted by Crippen LogP contribution is 2.22. The predicted molar refractivity (Wildman–Crippen MR) is 298 cm³/mol. The van der Waals surface area contributed by atoms with E-state index >= 15 is 0 Å². The maximum atomic E-state index is 14.7. The molecule has 10 amide bonds. The van der Waals surface area contributed by atoms with Gasteiger partial charge < -0.3 is 86.2 Å². The lowest BCUT2D eigenvalue weighted by molar-refractivity contribution is -0.139. The largest absolute Gasteiger partial charge is 0.391 e. The van der Waals surface area contributed by atoms with Crippen LogP contribution in [0.4, 0.5) is 0 Å². The van der Waals surface area contributed by atoms with Crippen LogP contribution in [0.1, 0.15) is 117 Å². The molecule has 27 heteroatoms. The van der Waals surface area contributed by atoms with Gasteiger partial charge >= 0.3 is 0 Å². The van der Waals surface area contributed by atoms with Gasteiger partial charge in [0, 0.05) is 62.0 Å². The summed E-state index contributed by atoms with van der Waals surface area (Å²) in [6, 6.07) is -3.31. The van der Waals surface area contributed by atoms with Gasteiger partial charge in [0.15, 0.2) is 5.96 Å². The van der Waals surface area contributed by atoms with Crippen molar-refractivity contribution in [3.63, 3.8) is 0 Å². The van der Waals surface area contributed by atoms with E-state index in [9.17, 15) is 53.1 Å². The van der Waals surface area contributed by atoms with E-state index in [1.54, 1.807) is 57.0 Å². The van der Waals surface area contributed by atoms with Crippen molar-refractivity contribution in [2.45, 2.75) is 179 Å². The summed E-state index contributed by atoms with van der Waals surface area (Å²) in [5.41, 5.74) is 29.3. The summed E-state index contributed by atoms with van der Waals surface area (Å²) in [7, 11) is 0. The Morgan fingerprint density at radius 2 is 1.27 bits per heavy atom. The summed E-state index contributed by atoms with van der Waals surface area (Å²) in [6.45, 7) is 9.59. The minimum Gasteiger partial charge on any atom is -0.391 e. The van der Waals surface area contributed by atoms with E-state index in [1.165, 1.54) is 6.92 Å². The molecular formula is C53H86N16O11. The number of aromatic nitrogens is 1. The summed E-state index contributed by atoms with van der Waals surface area (Å²) in [5, 5.41) is 33.4. The Bertz CT molecular complexity index is 2490. The van der Waals surface area contributed by atoms with Crippen molar-refractivity contribution >= 4 is 75.9 Å². The first-order chi connectivity index (χ1) is 37.9. The van der Waals surface area contributed by atoms with Gasteiger partial charge in [0.25, 0.3) is 0 Å². The number of aliphatic hydroxyl groups excluding tert-OH is 1. The zero-order valence-electron chi connectivity index (χ0n) is 46.6. The molecule has 3 heterocycles. The van der Waals surface area contributed by atoms with E-state index in [4.69, 9.17) is 28.7 Å². The Morgan fingerprint density at radius 3 is 1.88 bits per heavy atom. The molecule has 80 heavy (non-hydrogen) atoms. The molecule has 2 saturated heterocycles. The number of H-pyrrole nitrogens is 1. The lowest BCUT2D eigenvalue weighted by atomic mass is 9.96. The van der Waals surface area contributed by atoms with E-state index in [0.717, 1.165) is 11.9 Å². The summed E-state index contributed by atoms with van der Waals surface area (Å²) in [6.07, 6.45) is 2.24. The molecule has 2 fully saturated rings. The van der Waals surface area contributed by atoms with Crippen molar-refractivity contribution < 1.29 is 53.1 Å². The summed E-state index contributed by atoms with van der Waals surface area (Å²) in [5.74, 6) is -8.55. The number of hydrogen-bond donors (Lipinski definition) is 15. The third kappa shape index (κ3) is 20.1. The lowest BCUT2D eigenvalue weighted by Crippen LogP contribution is -2.63. The van der Waals surface area contributed by atoms with E-state index in [0.29, 0.717) is 49.7 Å². The Hall–Kier alpha value is -7.39. The van der Waals surface area contributed by atoms with E-state index in [-0.39, 0.29) is 82.4 Å². The highest BCUT2D eigenvalue weighted by molar-refractivity contribution is 5.99. The van der Waals surface area contributed by atoms with Crippen LogP contribution >= 0.6 is 0 Å². The van der Waals surface area contributed by atoms with Crippen LogP contribution in [0.5, 0.6) is 0 Å². The number of aromatic amines is 1. The average Bonchev–Trinajstić information content (AvgIpc) is 4.26. The third-order valence-corrected chi connectivity index (χ3v) is 14.4. The second-order valence-electron chi connectivity index (χ2n) is 21.3. The first-order valence-electron chi connectivity index (χ1n) is 27.7. The van der Waals surface area contributed by atoms with Crippen molar-refractivity contribution in [2.24, 2.45) is 45.5 Å². The number of carbonyl (C=O) groups is 10. The topological polar surface area (TPSA) is 449 Å². The van der Waals surface area contributed by atoms with Gasteiger partial charge in [-0.05, 0) is 94.7 Å². The smallest absolute Gasteiger partial charge is 0.245 e. The molecule has 0 radical (unpaired) electrons. The zero-order chi connectivity index (χ0) is 59.2. The molecule has 11 atom stereocenters. The second-order valence-corrected chi connectivity index (χ2v) is 21.3. The minimum absolute atomic E-state index is 0.00983. The predicted octanol–water partition coefficient (Wildman–Crippen LogP) is -3.14. The standard InChI is InChI=1S/C53H86N16O11/c1-6-29(4)43(67-47(75)37(18-20-42(56)72)62-45(73)35-15-9-21-59-35)50(78)68-44(30(5)70)51(79)66-39(24-28(2)3)48(76)65-40(25-31-27-61-34-14-8-7-13-33(31)34)49(77)63-36(17-19-41(55)71)46(74)64-38(16-10-22-60-53(57)58)52(80)69-23-11-12-32(69)26-54/h7-8,13-14,27-30,32,35-40,43-44,59,61,70H,6,9-12,15-26,54H2,1-5H3,(H2,55,71)(H2,56,72)(H,62,73)(H,63,77)(H,64,74)(H,65,76)(H,66,79)(H,67,75)(H,68,78)(H4,57,58,60)/t29-,30+,32-,35-,36-,37-,38-,39-,40-,43-,44-/m0/s1. The number of primary amides is 2. The number of para-hydroxylation sites is 1. The van der Waals surface area contributed by atoms with Crippen molar-refractivity contribution in [1.82, 2.24) is 52.4 Å². The average molecular weight is 1120 g/mol. The molecule has 444 valence electrons. The Balaban J connectivity index is 1.61. The van der Waals surface area contributed by atoms with Gasteiger partial charge in [-0.3, -0.25) is 52.9 Å².